The molecule has 2 N–H and O–H groups in total. The number of likely N-dealkylation sites (N-methyl/N-ethyl adjacent to an activating group) is 1. The van der Waals surface area contributed by atoms with Crippen LogP contribution in [0.2, 0.25) is 0 Å². The Morgan fingerprint density at radius 3 is 2.82 bits per heavy atom. The quantitative estimate of drug-likeness (QED) is 0.738. The molecule has 1 aromatic rings. The van der Waals surface area contributed by atoms with E-state index >= 15 is 0 Å². The van der Waals surface area contributed by atoms with E-state index in [4.69, 9.17) is 10.5 Å². The van der Waals surface area contributed by atoms with Crippen LogP contribution in [0.25, 0.3) is 0 Å². The van der Waals surface area contributed by atoms with Crippen molar-refractivity contribution < 1.29 is 4.74 Å². The van der Waals surface area contributed by atoms with E-state index in [9.17, 15) is 0 Å². The molecule has 0 amide bonds. The molecule has 1 rings (SSSR count). The minimum Gasteiger partial charge on any atom is -0.385 e. The van der Waals surface area contributed by atoms with Crippen molar-refractivity contribution in [3.8, 4) is 0 Å². The van der Waals surface area contributed by atoms with Crippen molar-refractivity contribution in [3.63, 3.8) is 0 Å². The number of hydrogen-bond acceptors (Lipinski definition) is 3. The van der Waals surface area contributed by atoms with Crippen LogP contribution in [0.1, 0.15) is 18.4 Å². The Bertz CT molecular complexity index is 328. The van der Waals surface area contributed by atoms with Crippen LogP contribution in [0.4, 0.5) is 5.69 Å². The predicted octanol–water partition coefficient (Wildman–Crippen LogP) is 2.19. The summed E-state index contributed by atoms with van der Waals surface area (Å²) in [4.78, 5) is 2.21. The maximum Gasteiger partial charge on any atom is 0.0462 e. The van der Waals surface area contributed by atoms with Gasteiger partial charge in [-0.05, 0) is 37.5 Å². The van der Waals surface area contributed by atoms with Crippen LogP contribution in [-0.4, -0.2) is 33.4 Å². The van der Waals surface area contributed by atoms with Crippen molar-refractivity contribution in [1.82, 2.24) is 0 Å². The lowest BCUT2D eigenvalue weighted by molar-refractivity contribution is 0.190. The first-order chi connectivity index (χ1) is 8.13. The first kappa shape index (κ1) is 14.0. The third kappa shape index (κ3) is 5.20. The summed E-state index contributed by atoms with van der Waals surface area (Å²) in [5, 5.41) is 0. The average molecular weight is 236 g/mol. The normalized spacial score (nSPS) is 12.5. The number of hydrogen-bond donors (Lipinski definition) is 1. The molecular formula is C14H24N2O. The SMILES string of the molecule is COCCCC(N)CN(C)c1cccc(C)c1. The molecule has 1 unspecified atom stereocenters. The first-order valence-corrected chi connectivity index (χ1v) is 6.16. The van der Waals surface area contributed by atoms with Gasteiger partial charge in [-0.15, -0.1) is 0 Å². The summed E-state index contributed by atoms with van der Waals surface area (Å²) in [5.74, 6) is 0. The van der Waals surface area contributed by atoms with Gasteiger partial charge in [0.25, 0.3) is 0 Å². The number of benzene rings is 1. The van der Waals surface area contributed by atoms with E-state index < -0.39 is 0 Å². The smallest absolute Gasteiger partial charge is 0.0462 e. The molecule has 0 saturated heterocycles. The van der Waals surface area contributed by atoms with Crippen LogP contribution < -0.4 is 10.6 Å². The molecular weight excluding hydrogens is 212 g/mol. The number of rotatable bonds is 7. The van der Waals surface area contributed by atoms with Gasteiger partial charge in [0.1, 0.15) is 0 Å². The summed E-state index contributed by atoms with van der Waals surface area (Å²) >= 11 is 0. The minimum absolute atomic E-state index is 0.204. The molecule has 0 aliphatic carbocycles. The Balaban J connectivity index is 2.40. The molecule has 0 aliphatic rings. The van der Waals surface area contributed by atoms with Crippen molar-refractivity contribution in [3.05, 3.63) is 29.8 Å². The monoisotopic (exact) mass is 236 g/mol. The molecule has 0 aromatic heterocycles. The van der Waals surface area contributed by atoms with E-state index in [0.29, 0.717) is 0 Å². The van der Waals surface area contributed by atoms with Gasteiger partial charge >= 0.3 is 0 Å². The fraction of sp³-hybridized carbons (Fsp3) is 0.571. The molecule has 0 aliphatic heterocycles. The Hall–Kier alpha value is -1.06. The van der Waals surface area contributed by atoms with Crippen molar-refractivity contribution in [2.75, 3.05) is 32.2 Å². The Kier molecular flexibility index (Phi) is 6.01. The molecule has 0 fully saturated rings. The number of nitrogens with two attached hydrogens (primary N) is 1. The third-order valence-electron chi connectivity index (χ3n) is 2.87. The van der Waals surface area contributed by atoms with Crippen molar-refractivity contribution in [1.29, 1.82) is 0 Å². The number of ether oxygens (including phenoxy) is 1. The maximum atomic E-state index is 6.09. The molecule has 0 spiro atoms. The van der Waals surface area contributed by atoms with E-state index in [2.05, 4.69) is 43.1 Å². The second kappa shape index (κ2) is 7.30. The number of nitrogens with zero attached hydrogens (tertiary/aromatic N) is 1. The Morgan fingerprint density at radius 1 is 1.41 bits per heavy atom. The molecule has 3 nitrogen and oxygen atoms in total. The van der Waals surface area contributed by atoms with Crippen LogP contribution in [0.3, 0.4) is 0 Å². The second-order valence-corrected chi connectivity index (χ2v) is 4.61. The Labute approximate surface area is 105 Å². The van der Waals surface area contributed by atoms with E-state index in [1.807, 2.05) is 0 Å². The molecule has 0 saturated carbocycles. The summed E-state index contributed by atoms with van der Waals surface area (Å²) in [6, 6.07) is 8.69. The number of methoxy groups -OCH3 is 1. The van der Waals surface area contributed by atoms with Crippen molar-refractivity contribution in [2.45, 2.75) is 25.8 Å². The average Bonchev–Trinajstić information content (AvgIpc) is 2.29. The van der Waals surface area contributed by atoms with Crippen LogP contribution in [0.15, 0.2) is 24.3 Å². The highest BCUT2D eigenvalue weighted by molar-refractivity contribution is 5.47. The molecule has 96 valence electrons. The van der Waals surface area contributed by atoms with Gasteiger partial charge in [-0.2, -0.15) is 0 Å². The molecule has 3 heteroatoms. The van der Waals surface area contributed by atoms with Crippen LogP contribution >= 0.6 is 0 Å². The van der Waals surface area contributed by atoms with E-state index in [-0.39, 0.29) is 6.04 Å². The van der Waals surface area contributed by atoms with Gasteiger partial charge in [0, 0.05) is 39.0 Å². The molecule has 1 atom stereocenters. The van der Waals surface area contributed by atoms with Gasteiger partial charge in [0.05, 0.1) is 0 Å². The van der Waals surface area contributed by atoms with Crippen LogP contribution in [0.5, 0.6) is 0 Å². The number of aryl methyl sites for hydroxylation is 1. The standard InChI is InChI=1S/C14H24N2O/c1-12-6-4-8-14(10-12)16(2)11-13(15)7-5-9-17-3/h4,6,8,10,13H,5,7,9,11,15H2,1-3H3. The van der Waals surface area contributed by atoms with Gasteiger partial charge < -0.3 is 15.4 Å². The van der Waals surface area contributed by atoms with Crippen LogP contribution in [0, 0.1) is 6.92 Å². The van der Waals surface area contributed by atoms with Gasteiger partial charge in [-0.1, -0.05) is 12.1 Å². The van der Waals surface area contributed by atoms with E-state index in [1.165, 1.54) is 11.3 Å². The zero-order valence-electron chi connectivity index (χ0n) is 11.1. The zero-order chi connectivity index (χ0) is 12.7. The minimum atomic E-state index is 0.204. The summed E-state index contributed by atoms with van der Waals surface area (Å²) in [6.45, 7) is 3.78. The maximum absolute atomic E-state index is 6.09. The highest BCUT2D eigenvalue weighted by atomic mass is 16.5. The zero-order valence-corrected chi connectivity index (χ0v) is 11.1. The van der Waals surface area contributed by atoms with Gasteiger partial charge in [-0.25, -0.2) is 0 Å². The van der Waals surface area contributed by atoms with E-state index in [0.717, 1.165) is 26.0 Å². The fourth-order valence-electron chi connectivity index (χ4n) is 1.90. The predicted molar refractivity (Wildman–Crippen MR) is 73.5 cm³/mol. The molecule has 1 aromatic carbocycles. The summed E-state index contributed by atoms with van der Waals surface area (Å²) in [5.41, 5.74) is 8.60. The van der Waals surface area contributed by atoms with Gasteiger partial charge in [0.2, 0.25) is 0 Å². The fourth-order valence-corrected chi connectivity index (χ4v) is 1.90. The lowest BCUT2D eigenvalue weighted by atomic mass is 10.1. The molecule has 17 heavy (non-hydrogen) atoms. The van der Waals surface area contributed by atoms with E-state index in [1.54, 1.807) is 7.11 Å². The largest absolute Gasteiger partial charge is 0.385 e. The van der Waals surface area contributed by atoms with Crippen molar-refractivity contribution in [2.24, 2.45) is 5.73 Å². The highest BCUT2D eigenvalue weighted by Crippen LogP contribution is 2.14. The summed E-state index contributed by atoms with van der Waals surface area (Å²) in [7, 11) is 3.81. The number of anilines is 1. The molecule has 0 radical (unpaired) electrons. The Morgan fingerprint density at radius 2 is 2.18 bits per heavy atom. The molecule has 0 bridgehead atoms. The lowest BCUT2D eigenvalue weighted by Gasteiger charge is -2.23. The summed E-state index contributed by atoms with van der Waals surface area (Å²) < 4.78 is 5.03. The van der Waals surface area contributed by atoms with Crippen molar-refractivity contribution >= 4 is 5.69 Å². The second-order valence-electron chi connectivity index (χ2n) is 4.61. The van der Waals surface area contributed by atoms with Gasteiger partial charge in [-0.3, -0.25) is 0 Å². The van der Waals surface area contributed by atoms with Crippen LogP contribution in [-0.2, 0) is 4.74 Å². The highest BCUT2D eigenvalue weighted by Gasteiger charge is 2.07. The third-order valence-corrected chi connectivity index (χ3v) is 2.87. The topological polar surface area (TPSA) is 38.5 Å². The summed E-state index contributed by atoms with van der Waals surface area (Å²) in [6.07, 6.45) is 2.03. The first-order valence-electron chi connectivity index (χ1n) is 6.16. The molecule has 0 heterocycles. The van der Waals surface area contributed by atoms with Gasteiger partial charge in [0.15, 0.2) is 0 Å². The lowest BCUT2D eigenvalue weighted by Crippen LogP contribution is -2.35.